The van der Waals surface area contributed by atoms with Crippen LogP contribution in [0.5, 0.6) is 0 Å². The van der Waals surface area contributed by atoms with Crippen molar-refractivity contribution in [2.45, 2.75) is 0 Å². The normalized spacial score (nSPS) is 10.2. The standard InChI is InChI=1S/C15H14FNO/c1-17(2)15(18)14-6-4-3-5-13(14)11-7-9-12(16)10-8-11/h3-10H,1-2H3. The Bertz CT molecular complexity index is 561. The van der Waals surface area contributed by atoms with Gasteiger partial charge in [0.05, 0.1) is 0 Å². The molecule has 0 aliphatic heterocycles. The summed E-state index contributed by atoms with van der Waals surface area (Å²) < 4.78 is 12.9. The molecule has 3 heteroatoms. The van der Waals surface area contributed by atoms with Crippen molar-refractivity contribution in [3.63, 3.8) is 0 Å². The molecule has 0 aromatic heterocycles. The van der Waals surface area contributed by atoms with Gasteiger partial charge in [-0.25, -0.2) is 4.39 Å². The highest BCUT2D eigenvalue weighted by atomic mass is 19.1. The zero-order valence-electron chi connectivity index (χ0n) is 10.4. The summed E-state index contributed by atoms with van der Waals surface area (Å²) in [4.78, 5) is 13.6. The summed E-state index contributed by atoms with van der Waals surface area (Å²) in [5.41, 5.74) is 2.27. The molecule has 0 spiro atoms. The summed E-state index contributed by atoms with van der Waals surface area (Å²) in [6.07, 6.45) is 0. The summed E-state index contributed by atoms with van der Waals surface area (Å²) in [6.45, 7) is 0. The second-order valence-electron chi connectivity index (χ2n) is 4.25. The molecule has 0 radical (unpaired) electrons. The molecule has 0 aliphatic carbocycles. The third kappa shape index (κ3) is 2.40. The lowest BCUT2D eigenvalue weighted by molar-refractivity contribution is 0.0828. The number of benzene rings is 2. The van der Waals surface area contributed by atoms with Crippen molar-refractivity contribution in [1.29, 1.82) is 0 Å². The van der Waals surface area contributed by atoms with E-state index >= 15 is 0 Å². The van der Waals surface area contributed by atoms with E-state index in [4.69, 9.17) is 0 Å². The van der Waals surface area contributed by atoms with E-state index in [1.165, 1.54) is 17.0 Å². The second-order valence-corrected chi connectivity index (χ2v) is 4.25. The Morgan fingerprint density at radius 2 is 1.61 bits per heavy atom. The van der Waals surface area contributed by atoms with Crippen molar-refractivity contribution in [2.24, 2.45) is 0 Å². The number of carbonyl (C=O) groups excluding carboxylic acids is 1. The molecule has 1 amide bonds. The van der Waals surface area contributed by atoms with Gasteiger partial charge in [-0.3, -0.25) is 4.79 Å². The Morgan fingerprint density at radius 3 is 2.22 bits per heavy atom. The molecule has 0 fully saturated rings. The zero-order chi connectivity index (χ0) is 13.1. The molecule has 0 N–H and O–H groups in total. The van der Waals surface area contributed by atoms with E-state index in [2.05, 4.69) is 0 Å². The van der Waals surface area contributed by atoms with E-state index in [1.807, 2.05) is 18.2 Å². The molecule has 0 aliphatic rings. The van der Waals surface area contributed by atoms with Gasteiger partial charge in [-0.15, -0.1) is 0 Å². The minimum Gasteiger partial charge on any atom is -0.345 e. The lowest BCUT2D eigenvalue weighted by atomic mass is 9.99. The highest BCUT2D eigenvalue weighted by molar-refractivity contribution is 6.00. The van der Waals surface area contributed by atoms with E-state index in [-0.39, 0.29) is 11.7 Å². The molecule has 0 heterocycles. The molecule has 0 saturated heterocycles. The number of carbonyl (C=O) groups is 1. The highest BCUT2D eigenvalue weighted by Crippen LogP contribution is 2.24. The Morgan fingerprint density at radius 1 is 1.00 bits per heavy atom. The fourth-order valence-corrected chi connectivity index (χ4v) is 1.79. The average molecular weight is 243 g/mol. The Labute approximate surface area is 106 Å². The van der Waals surface area contributed by atoms with Gasteiger partial charge in [0.25, 0.3) is 5.91 Å². The van der Waals surface area contributed by atoms with Crippen LogP contribution in [-0.2, 0) is 0 Å². The quantitative estimate of drug-likeness (QED) is 0.793. The van der Waals surface area contributed by atoms with Gasteiger partial charge in [0.2, 0.25) is 0 Å². The number of nitrogens with zero attached hydrogens (tertiary/aromatic N) is 1. The van der Waals surface area contributed by atoms with Crippen molar-refractivity contribution in [2.75, 3.05) is 14.1 Å². The fraction of sp³-hybridized carbons (Fsp3) is 0.133. The smallest absolute Gasteiger partial charge is 0.253 e. The Hall–Kier alpha value is -2.16. The molecule has 0 saturated carbocycles. The molecule has 0 atom stereocenters. The van der Waals surface area contributed by atoms with Gasteiger partial charge in [0.15, 0.2) is 0 Å². The molecule has 0 unspecified atom stereocenters. The molecular weight excluding hydrogens is 229 g/mol. The Balaban J connectivity index is 2.51. The minimum absolute atomic E-state index is 0.0603. The van der Waals surface area contributed by atoms with Gasteiger partial charge in [-0.1, -0.05) is 30.3 Å². The molecule has 92 valence electrons. The monoisotopic (exact) mass is 243 g/mol. The zero-order valence-corrected chi connectivity index (χ0v) is 10.4. The van der Waals surface area contributed by atoms with Crippen LogP contribution in [0, 0.1) is 5.82 Å². The number of amides is 1. The first kappa shape index (κ1) is 12.3. The van der Waals surface area contributed by atoms with E-state index < -0.39 is 0 Å². The second kappa shape index (κ2) is 5.00. The lowest BCUT2D eigenvalue weighted by Crippen LogP contribution is -2.22. The van der Waals surface area contributed by atoms with Crippen LogP contribution in [0.2, 0.25) is 0 Å². The largest absolute Gasteiger partial charge is 0.345 e. The van der Waals surface area contributed by atoms with Crippen molar-refractivity contribution in [3.05, 3.63) is 59.9 Å². The van der Waals surface area contributed by atoms with Gasteiger partial charge in [-0.2, -0.15) is 0 Å². The van der Waals surface area contributed by atoms with E-state index in [0.717, 1.165) is 11.1 Å². The number of halogens is 1. The van der Waals surface area contributed by atoms with Crippen LogP contribution in [-0.4, -0.2) is 24.9 Å². The lowest BCUT2D eigenvalue weighted by Gasteiger charge is -2.14. The molecule has 2 nitrogen and oxygen atoms in total. The summed E-state index contributed by atoms with van der Waals surface area (Å²) in [6, 6.07) is 13.5. The maximum atomic E-state index is 12.9. The first-order valence-corrected chi connectivity index (χ1v) is 5.66. The van der Waals surface area contributed by atoms with Gasteiger partial charge >= 0.3 is 0 Å². The van der Waals surface area contributed by atoms with Crippen LogP contribution in [0.3, 0.4) is 0 Å². The summed E-state index contributed by atoms with van der Waals surface area (Å²) >= 11 is 0. The summed E-state index contributed by atoms with van der Waals surface area (Å²) in [5, 5.41) is 0. The van der Waals surface area contributed by atoms with Crippen LogP contribution in [0.25, 0.3) is 11.1 Å². The SMILES string of the molecule is CN(C)C(=O)c1ccccc1-c1ccc(F)cc1. The minimum atomic E-state index is -0.282. The molecule has 18 heavy (non-hydrogen) atoms. The first-order chi connectivity index (χ1) is 8.59. The molecular formula is C15H14FNO. The van der Waals surface area contributed by atoms with E-state index in [1.54, 1.807) is 32.3 Å². The summed E-state index contributed by atoms with van der Waals surface area (Å²) in [7, 11) is 3.42. The maximum absolute atomic E-state index is 12.9. The van der Waals surface area contributed by atoms with Crippen LogP contribution < -0.4 is 0 Å². The van der Waals surface area contributed by atoms with Crippen LogP contribution in [0.1, 0.15) is 10.4 Å². The summed E-state index contributed by atoms with van der Waals surface area (Å²) in [5.74, 6) is -0.343. The predicted molar refractivity (Wildman–Crippen MR) is 69.9 cm³/mol. The Kier molecular flexibility index (Phi) is 3.42. The third-order valence-corrected chi connectivity index (χ3v) is 2.72. The fourth-order valence-electron chi connectivity index (χ4n) is 1.79. The van der Waals surface area contributed by atoms with Gasteiger partial charge in [0, 0.05) is 19.7 Å². The topological polar surface area (TPSA) is 20.3 Å². The van der Waals surface area contributed by atoms with Crippen molar-refractivity contribution in [1.82, 2.24) is 4.90 Å². The van der Waals surface area contributed by atoms with Crippen molar-refractivity contribution >= 4 is 5.91 Å². The number of hydrogen-bond acceptors (Lipinski definition) is 1. The molecule has 2 aromatic carbocycles. The molecule has 2 rings (SSSR count). The average Bonchev–Trinajstić information content (AvgIpc) is 2.39. The molecule has 0 bridgehead atoms. The van der Waals surface area contributed by atoms with E-state index in [9.17, 15) is 9.18 Å². The van der Waals surface area contributed by atoms with Crippen LogP contribution >= 0.6 is 0 Å². The predicted octanol–water partition coefficient (Wildman–Crippen LogP) is 3.19. The van der Waals surface area contributed by atoms with Crippen molar-refractivity contribution in [3.8, 4) is 11.1 Å². The van der Waals surface area contributed by atoms with Crippen LogP contribution in [0.15, 0.2) is 48.5 Å². The van der Waals surface area contributed by atoms with E-state index in [0.29, 0.717) is 5.56 Å². The van der Waals surface area contributed by atoms with Gasteiger partial charge in [-0.05, 0) is 29.3 Å². The number of hydrogen-bond donors (Lipinski definition) is 0. The van der Waals surface area contributed by atoms with Crippen molar-refractivity contribution < 1.29 is 9.18 Å². The number of rotatable bonds is 2. The highest BCUT2D eigenvalue weighted by Gasteiger charge is 2.13. The maximum Gasteiger partial charge on any atom is 0.253 e. The van der Waals surface area contributed by atoms with Crippen LogP contribution in [0.4, 0.5) is 4.39 Å². The first-order valence-electron chi connectivity index (χ1n) is 5.66. The third-order valence-electron chi connectivity index (χ3n) is 2.72. The van der Waals surface area contributed by atoms with Gasteiger partial charge < -0.3 is 4.90 Å². The molecule has 2 aromatic rings. The van der Waals surface area contributed by atoms with Gasteiger partial charge in [0.1, 0.15) is 5.82 Å².